The number of ether oxygens (including phenoxy) is 1. The number of halogens is 1. The van der Waals surface area contributed by atoms with Gasteiger partial charge in [0.1, 0.15) is 6.61 Å². The molecule has 0 saturated carbocycles. The van der Waals surface area contributed by atoms with E-state index in [2.05, 4.69) is 24.4 Å². The van der Waals surface area contributed by atoms with Crippen molar-refractivity contribution in [2.24, 2.45) is 0 Å². The largest absolute Gasteiger partial charge is 0.464 e. The standard InChI is InChI=1S/C26H50ClNO2/c1-2-3-4-5-6-7-8-9-10-11-12-13-14-15-16-17-18-19-20-21-26(29)30-25-24-28-23-22-27/h9-10,28H,2-8,11-25H2,1H3. The lowest BCUT2D eigenvalue weighted by molar-refractivity contribution is -0.143. The van der Waals surface area contributed by atoms with Crippen LogP contribution in [0.15, 0.2) is 12.2 Å². The second-order valence-corrected chi connectivity index (χ2v) is 8.79. The number of carbonyl (C=O) groups excluding carboxylic acids is 1. The van der Waals surface area contributed by atoms with Crippen molar-refractivity contribution in [2.75, 3.05) is 25.6 Å². The molecule has 0 fully saturated rings. The highest BCUT2D eigenvalue weighted by Crippen LogP contribution is 2.12. The summed E-state index contributed by atoms with van der Waals surface area (Å²) >= 11 is 5.56. The molecule has 0 aliphatic rings. The van der Waals surface area contributed by atoms with Gasteiger partial charge in [-0.05, 0) is 32.1 Å². The van der Waals surface area contributed by atoms with E-state index in [4.69, 9.17) is 16.3 Å². The van der Waals surface area contributed by atoms with Gasteiger partial charge < -0.3 is 10.1 Å². The number of unbranched alkanes of at least 4 members (excludes halogenated alkanes) is 15. The molecule has 0 amide bonds. The van der Waals surface area contributed by atoms with E-state index in [0.29, 0.717) is 25.5 Å². The van der Waals surface area contributed by atoms with Crippen LogP contribution in [0.1, 0.15) is 122 Å². The molecule has 178 valence electrons. The van der Waals surface area contributed by atoms with Crippen LogP contribution in [0, 0.1) is 0 Å². The number of carbonyl (C=O) groups is 1. The lowest BCUT2D eigenvalue weighted by atomic mass is 10.1. The minimum Gasteiger partial charge on any atom is -0.464 e. The molecule has 0 bridgehead atoms. The zero-order valence-electron chi connectivity index (χ0n) is 19.9. The molecule has 1 N–H and O–H groups in total. The van der Waals surface area contributed by atoms with E-state index in [1.54, 1.807) is 0 Å². The monoisotopic (exact) mass is 443 g/mol. The number of hydrogen-bond donors (Lipinski definition) is 1. The van der Waals surface area contributed by atoms with Crippen molar-refractivity contribution >= 4 is 17.6 Å². The smallest absolute Gasteiger partial charge is 0.305 e. The second kappa shape index (κ2) is 26.5. The Morgan fingerprint density at radius 3 is 1.77 bits per heavy atom. The van der Waals surface area contributed by atoms with Gasteiger partial charge in [0, 0.05) is 25.4 Å². The van der Waals surface area contributed by atoms with Crippen molar-refractivity contribution in [3.8, 4) is 0 Å². The highest BCUT2D eigenvalue weighted by Gasteiger charge is 2.02. The maximum absolute atomic E-state index is 11.6. The molecular formula is C26H50ClNO2. The maximum Gasteiger partial charge on any atom is 0.305 e. The van der Waals surface area contributed by atoms with Crippen molar-refractivity contribution in [1.82, 2.24) is 5.32 Å². The molecule has 30 heavy (non-hydrogen) atoms. The average Bonchev–Trinajstić information content (AvgIpc) is 2.75. The first-order chi connectivity index (χ1) is 14.8. The van der Waals surface area contributed by atoms with Crippen LogP contribution >= 0.6 is 11.6 Å². The van der Waals surface area contributed by atoms with E-state index in [-0.39, 0.29) is 5.97 Å². The van der Waals surface area contributed by atoms with E-state index in [0.717, 1.165) is 19.4 Å². The van der Waals surface area contributed by atoms with Crippen LogP contribution in [-0.4, -0.2) is 31.5 Å². The number of rotatable bonds is 24. The number of alkyl halides is 1. The zero-order chi connectivity index (χ0) is 22.0. The summed E-state index contributed by atoms with van der Waals surface area (Å²) in [5, 5.41) is 3.11. The van der Waals surface area contributed by atoms with Gasteiger partial charge in [0.15, 0.2) is 0 Å². The van der Waals surface area contributed by atoms with Gasteiger partial charge in [-0.15, -0.1) is 11.6 Å². The first-order valence-electron chi connectivity index (χ1n) is 12.9. The third kappa shape index (κ3) is 25.5. The minimum absolute atomic E-state index is 0.0660. The van der Waals surface area contributed by atoms with Crippen molar-refractivity contribution < 1.29 is 9.53 Å². The summed E-state index contributed by atoms with van der Waals surface area (Å²) in [5.74, 6) is 0.522. The third-order valence-electron chi connectivity index (χ3n) is 5.46. The Labute approximate surface area is 192 Å². The lowest BCUT2D eigenvalue weighted by Gasteiger charge is -2.05. The maximum atomic E-state index is 11.6. The Morgan fingerprint density at radius 1 is 0.733 bits per heavy atom. The molecule has 0 atom stereocenters. The summed E-state index contributed by atoms with van der Waals surface area (Å²) in [5.41, 5.74) is 0. The summed E-state index contributed by atoms with van der Waals surface area (Å²) < 4.78 is 5.18. The van der Waals surface area contributed by atoms with Crippen molar-refractivity contribution in [3.05, 3.63) is 12.2 Å². The highest BCUT2D eigenvalue weighted by atomic mass is 35.5. The Morgan fingerprint density at radius 2 is 1.23 bits per heavy atom. The fourth-order valence-electron chi connectivity index (χ4n) is 3.55. The van der Waals surface area contributed by atoms with Crippen molar-refractivity contribution in [2.45, 2.75) is 122 Å². The van der Waals surface area contributed by atoms with Crippen LogP contribution in [-0.2, 0) is 9.53 Å². The van der Waals surface area contributed by atoms with Gasteiger partial charge >= 0.3 is 5.97 Å². The Balaban J connectivity index is 3.15. The Kier molecular flexibility index (Phi) is 26.0. The van der Waals surface area contributed by atoms with E-state index in [9.17, 15) is 4.79 Å². The molecule has 0 spiro atoms. The van der Waals surface area contributed by atoms with Crippen molar-refractivity contribution in [3.63, 3.8) is 0 Å². The molecule has 3 nitrogen and oxygen atoms in total. The molecule has 0 aliphatic carbocycles. The van der Waals surface area contributed by atoms with Crippen LogP contribution in [0.25, 0.3) is 0 Å². The second-order valence-electron chi connectivity index (χ2n) is 8.41. The fourth-order valence-corrected chi connectivity index (χ4v) is 3.68. The van der Waals surface area contributed by atoms with Gasteiger partial charge in [-0.1, -0.05) is 96.1 Å². The summed E-state index contributed by atoms with van der Waals surface area (Å²) in [7, 11) is 0. The summed E-state index contributed by atoms with van der Waals surface area (Å²) in [6.45, 7) is 4.17. The molecule has 0 saturated heterocycles. The molecule has 0 aromatic rings. The van der Waals surface area contributed by atoms with Gasteiger partial charge in [0.2, 0.25) is 0 Å². The van der Waals surface area contributed by atoms with Crippen LogP contribution < -0.4 is 5.32 Å². The number of hydrogen-bond acceptors (Lipinski definition) is 3. The third-order valence-corrected chi connectivity index (χ3v) is 5.64. The van der Waals surface area contributed by atoms with Crippen LogP contribution in [0.4, 0.5) is 0 Å². The summed E-state index contributed by atoms with van der Waals surface area (Å²) in [6.07, 6.45) is 27.7. The number of esters is 1. The predicted molar refractivity (Wildman–Crippen MR) is 132 cm³/mol. The molecular weight excluding hydrogens is 394 g/mol. The molecule has 0 rings (SSSR count). The molecule has 0 aromatic heterocycles. The van der Waals surface area contributed by atoms with Crippen LogP contribution in [0.3, 0.4) is 0 Å². The molecule has 0 radical (unpaired) electrons. The lowest BCUT2D eigenvalue weighted by Crippen LogP contribution is -2.23. The molecule has 4 heteroatoms. The fraction of sp³-hybridized carbons (Fsp3) is 0.885. The van der Waals surface area contributed by atoms with Crippen LogP contribution in [0.2, 0.25) is 0 Å². The van der Waals surface area contributed by atoms with Gasteiger partial charge in [0.05, 0.1) is 0 Å². The molecule has 0 unspecified atom stereocenters. The zero-order valence-corrected chi connectivity index (χ0v) is 20.7. The van der Waals surface area contributed by atoms with Gasteiger partial charge in [-0.25, -0.2) is 0 Å². The molecule has 0 heterocycles. The first-order valence-corrected chi connectivity index (χ1v) is 13.4. The highest BCUT2D eigenvalue weighted by molar-refractivity contribution is 6.18. The van der Waals surface area contributed by atoms with E-state index in [1.165, 1.54) is 96.3 Å². The molecule has 0 aliphatic heterocycles. The quantitative estimate of drug-likeness (QED) is 0.0711. The topological polar surface area (TPSA) is 38.3 Å². The average molecular weight is 444 g/mol. The predicted octanol–water partition coefficient (Wildman–Crippen LogP) is 7.96. The Hall–Kier alpha value is -0.540. The van der Waals surface area contributed by atoms with Gasteiger partial charge in [0.25, 0.3) is 0 Å². The van der Waals surface area contributed by atoms with E-state index < -0.39 is 0 Å². The molecule has 0 aromatic carbocycles. The summed E-state index contributed by atoms with van der Waals surface area (Å²) in [4.78, 5) is 11.6. The van der Waals surface area contributed by atoms with E-state index >= 15 is 0 Å². The summed E-state index contributed by atoms with van der Waals surface area (Å²) in [6, 6.07) is 0. The van der Waals surface area contributed by atoms with Crippen LogP contribution in [0.5, 0.6) is 0 Å². The number of allylic oxidation sites excluding steroid dienone is 2. The van der Waals surface area contributed by atoms with E-state index in [1.807, 2.05) is 0 Å². The first kappa shape index (κ1) is 29.5. The van der Waals surface area contributed by atoms with Gasteiger partial charge in [-0.2, -0.15) is 0 Å². The normalized spacial score (nSPS) is 11.4. The number of nitrogens with one attached hydrogen (secondary N) is 1. The SMILES string of the molecule is CCCCCCCCC=CCCCCCCCCCCCC(=O)OCCNCCCl. The minimum atomic E-state index is -0.0660. The van der Waals surface area contributed by atoms with Gasteiger partial charge in [-0.3, -0.25) is 4.79 Å². The Bertz CT molecular complexity index is 374. The van der Waals surface area contributed by atoms with Crippen molar-refractivity contribution in [1.29, 1.82) is 0 Å².